The van der Waals surface area contributed by atoms with E-state index < -0.39 is 6.10 Å². The van der Waals surface area contributed by atoms with E-state index in [4.69, 9.17) is 4.74 Å². The Kier molecular flexibility index (Phi) is 6.42. The molecule has 0 radical (unpaired) electrons. The second-order valence-corrected chi connectivity index (χ2v) is 6.22. The number of anilines is 1. The van der Waals surface area contributed by atoms with Crippen LogP contribution in [0.25, 0.3) is 0 Å². The quantitative estimate of drug-likeness (QED) is 0.749. The number of aryl methyl sites for hydroxylation is 1. The van der Waals surface area contributed by atoms with Crippen molar-refractivity contribution >= 4 is 11.6 Å². The van der Waals surface area contributed by atoms with Crippen molar-refractivity contribution in [3.8, 4) is 5.75 Å². The molecule has 1 N–H and O–H groups in total. The lowest BCUT2D eigenvalue weighted by Crippen LogP contribution is -2.32. The number of ether oxygens (including phenoxy) is 1. The van der Waals surface area contributed by atoms with Gasteiger partial charge in [-0.1, -0.05) is 51.1 Å². The van der Waals surface area contributed by atoms with Crippen LogP contribution in [0.3, 0.4) is 0 Å². The molecule has 0 aromatic heterocycles. The van der Waals surface area contributed by atoms with Crippen LogP contribution in [-0.4, -0.2) is 12.0 Å². The van der Waals surface area contributed by atoms with Gasteiger partial charge in [0, 0.05) is 5.69 Å². The number of hydrogen-bond donors (Lipinski definition) is 1. The van der Waals surface area contributed by atoms with Crippen LogP contribution in [0.5, 0.6) is 5.75 Å². The second-order valence-electron chi connectivity index (χ2n) is 6.22. The fourth-order valence-electron chi connectivity index (χ4n) is 2.64. The molecule has 2 aromatic carbocycles. The molecule has 1 amide bonds. The molecule has 0 aliphatic rings. The summed E-state index contributed by atoms with van der Waals surface area (Å²) in [6.45, 7) is 8.30. The summed E-state index contributed by atoms with van der Waals surface area (Å²) in [6, 6.07) is 15.8. The lowest BCUT2D eigenvalue weighted by atomic mass is 9.98. The maximum absolute atomic E-state index is 12.6. The molecule has 2 atom stereocenters. The minimum absolute atomic E-state index is 0.109. The molecular weight excluding hydrogens is 298 g/mol. The summed E-state index contributed by atoms with van der Waals surface area (Å²) in [7, 11) is 0. The average molecular weight is 325 g/mol. The standard InChI is InChI=1S/C21H27NO2/c1-5-16(4)18-12-7-8-13-20(18)24-19(6-2)21(23)22-17-11-9-10-15(3)14-17/h7-14,16,19H,5-6H2,1-4H3,(H,22,23). The Bertz CT molecular complexity index is 681. The number of benzene rings is 2. The molecule has 2 aromatic rings. The molecule has 0 aliphatic heterocycles. The SMILES string of the molecule is CCC(Oc1ccccc1C(C)CC)C(=O)Nc1cccc(C)c1. The molecule has 0 fully saturated rings. The van der Waals surface area contributed by atoms with Crippen molar-refractivity contribution < 1.29 is 9.53 Å². The average Bonchev–Trinajstić information content (AvgIpc) is 2.59. The highest BCUT2D eigenvalue weighted by molar-refractivity contribution is 5.94. The normalized spacial score (nSPS) is 13.2. The van der Waals surface area contributed by atoms with Crippen molar-refractivity contribution in [1.82, 2.24) is 0 Å². The zero-order valence-corrected chi connectivity index (χ0v) is 15.0. The molecule has 3 heteroatoms. The Morgan fingerprint density at radius 3 is 2.50 bits per heavy atom. The Morgan fingerprint density at radius 2 is 1.83 bits per heavy atom. The van der Waals surface area contributed by atoms with Crippen molar-refractivity contribution in [2.24, 2.45) is 0 Å². The van der Waals surface area contributed by atoms with E-state index in [0.717, 1.165) is 29.0 Å². The first kappa shape index (κ1) is 18.1. The van der Waals surface area contributed by atoms with Crippen molar-refractivity contribution in [2.45, 2.75) is 52.6 Å². The van der Waals surface area contributed by atoms with E-state index in [1.54, 1.807) is 0 Å². The summed E-state index contributed by atoms with van der Waals surface area (Å²) in [5.41, 5.74) is 3.07. The van der Waals surface area contributed by atoms with Crippen LogP contribution in [0.2, 0.25) is 0 Å². The summed E-state index contributed by atoms with van der Waals surface area (Å²) in [5.74, 6) is 1.10. The molecular formula is C21H27NO2. The minimum atomic E-state index is -0.504. The van der Waals surface area contributed by atoms with Crippen molar-refractivity contribution in [3.05, 3.63) is 59.7 Å². The van der Waals surface area contributed by atoms with E-state index in [1.165, 1.54) is 0 Å². The molecule has 0 spiro atoms. The van der Waals surface area contributed by atoms with Gasteiger partial charge in [-0.15, -0.1) is 0 Å². The van der Waals surface area contributed by atoms with Gasteiger partial charge in [-0.05, 0) is 55.0 Å². The lowest BCUT2D eigenvalue weighted by molar-refractivity contribution is -0.122. The van der Waals surface area contributed by atoms with Gasteiger partial charge in [0.05, 0.1) is 0 Å². The molecule has 2 unspecified atom stereocenters. The van der Waals surface area contributed by atoms with Crippen molar-refractivity contribution in [1.29, 1.82) is 0 Å². The molecule has 0 saturated heterocycles. The molecule has 24 heavy (non-hydrogen) atoms. The largest absolute Gasteiger partial charge is 0.480 e. The van der Waals surface area contributed by atoms with E-state index in [2.05, 4.69) is 25.2 Å². The molecule has 3 nitrogen and oxygen atoms in total. The van der Waals surface area contributed by atoms with Gasteiger partial charge in [0.15, 0.2) is 6.10 Å². The van der Waals surface area contributed by atoms with E-state index in [1.807, 2.05) is 56.3 Å². The third-order valence-electron chi connectivity index (χ3n) is 4.28. The van der Waals surface area contributed by atoms with Gasteiger partial charge in [0.1, 0.15) is 5.75 Å². The van der Waals surface area contributed by atoms with Crippen LogP contribution in [-0.2, 0) is 4.79 Å². The Labute approximate surface area is 145 Å². The van der Waals surface area contributed by atoms with Crippen LogP contribution in [0.4, 0.5) is 5.69 Å². The maximum Gasteiger partial charge on any atom is 0.265 e. The summed E-state index contributed by atoms with van der Waals surface area (Å²) >= 11 is 0. The zero-order valence-electron chi connectivity index (χ0n) is 15.0. The van der Waals surface area contributed by atoms with E-state index in [0.29, 0.717) is 12.3 Å². The molecule has 0 heterocycles. The summed E-state index contributed by atoms with van der Waals surface area (Å²) in [6.07, 6.45) is 1.15. The lowest BCUT2D eigenvalue weighted by Gasteiger charge is -2.21. The Balaban J connectivity index is 2.13. The monoisotopic (exact) mass is 325 g/mol. The molecule has 0 saturated carbocycles. The number of carbonyl (C=O) groups excluding carboxylic acids is 1. The second kappa shape index (κ2) is 8.53. The maximum atomic E-state index is 12.6. The van der Waals surface area contributed by atoms with Crippen LogP contribution >= 0.6 is 0 Å². The smallest absolute Gasteiger partial charge is 0.265 e. The van der Waals surface area contributed by atoms with Gasteiger partial charge in [-0.2, -0.15) is 0 Å². The van der Waals surface area contributed by atoms with Crippen LogP contribution in [0, 0.1) is 6.92 Å². The first-order valence-electron chi connectivity index (χ1n) is 8.68. The first-order chi connectivity index (χ1) is 11.5. The summed E-state index contributed by atoms with van der Waals surface area (Å²) in [5, 5.41) is 2.95. The van der Waals surface area contributed by atoms with E-state index in [9.17, 15) is 4.79 Å². The molecule has 0 bridgehead atoms. The zero-order chi connectivity index (χ0) is 17.5. The predicted molar refractivity (Wildman–Crippen MR) is 99.7 cm³/mol. The topological polar surface area (TPSA) is 38.3 Å². The number of para-hydroxylation sites is 1. The highest BCUT2D eigenvalue weighted by Gasteiger charge is 2.20. The minimum Gasteiger partial charge on any atom is -0.480 e. The summed E-state index contributed by atoms with van der Waals surface area (Å²) in [4.78, 5) is 12.6. The van der Waals surface area contributed by atoms with Gasteiger partial charge >= 0.3 is 0 Å². The predicted octanol–water partition coefficient (Wildman–Crippen LogP) is 5.30. The molecule has 2 rings (SSSR count). The number of hydrogen-bond acceptors (Lipinski definition) is 2. The Morgan fingerprint density at radius 1 is 1.08 bits per heavy atom. The highest BCUT2D eigenvalue weighted by Crippen LogP contribution is 2.29. The third kappa shape index (κ3) is 4.60. The van der Waals surface area contributed by atoms with E-state index in [-0.39, 0.29) is 5.91 Å². The first-order valence-corrected chi connectivity index (χ1v) is 8.68. The van der Waals surface area contributed by atoms with Crippen LogP contribution in [0.15, 0.2) is 48.5 Å². The van der Waals surface area contributed by atoms with Gasteiger partial charge in [-0.3, -0.25) is 4.79 Å². The van der Waals surface area contributed by atoms with Crippen molar-refractivity contribution in [2.75, 3.05) is 5.32 Å². The van der Waals surface area contributed by atoms with Crippen LogP contribution in [0.1, 0.15) is 50.7 Å². The van der Waals surface area contributed by atoms with Gasteiger partial charge in [0.25, 0.3) is 5.91 Å². The molecule has 128 valence electrons. The fourth-order valence-corrected chi connectivity index (χ4v) is 2.64. The third-order valence-corrected chi connectivity index (χ3v) is 4.28. The van der Waals surface area contributed by atoms with Gasteiger partial charge in [0.2, 0.25) is 0 Å². The number of carbonyl (C=O) groups is 1. The Hall–Kier alpha value is -2.29. The highest BCUT2D eigenvalue weighted by atomic mass is 16.5. The number of amides is 1. The van der Waals surface area contributed by atoms with E-state index >= 15 is 0 Å². The number of nitrogens with one attached hydrogen (secondary N) is 1. The summed E-state index contributed by atoms with van der Waals surface area (Å²) < 4.78 is 6.07. The number of rotatable bonds is 7. The van der Waals surface area contributed by atoms with Gasteiger partial charge in [-0.25, -0.2) is 0 Å². The van der Waals surface area contributed by atoms with Crippen LogP contribution < -0.4 is 10.1 Å². The molecule has 0 aliphatic carbocycles. The van der Waals surface area contributed by atoms with Gasteiger partial charge < -0.3 is 10.1 Å². The van der Waals surface area contributed by atoms with Crippen molar-refractivity contribution in [3.63, 3.8) is 0 Å². The fraction of sp³-hybridized carbons (Fsp3) is 0.381.